The van der Waals surface area contributed by atoms with Crippen molar-refractivity contribution in [3.63, 3.8) is 0 Å². The zero-order valence-corrected chi connectivity index (χ0v) is 18.6. The Hall–Kier alpha value is -3.27. The molecule has 0 unspecified atom stereocenters. The Morgan fingerprint density at radius 3 is 2.55 bits per heavy atom. The van der Waals surface area contributed by atoms with Crippen molar-refractivity contribution < 1.29 is 22.8 Å². The summed E-state index contributed by atoms with van der Waals surface area (Å²) < 4.78 is 41.1. The van der Waals surface area contributed by atoms with Gasteiger partial charge in [0.05, 0.1) is 29.4 Å². The monoisotopic (exact) mass is 476 g/mol. The van der Waals surface area contributed by atoms with Gasteiger partial charge in [-0.05, 0) is 42.3 Å². The van der Waals surface area contributed by atoms with Crippen LogP contribution in [0.5, 0.6) is 0 Å². The molecule has 1 aromatic heterocycles. The lowest BCUT2D eigenvalue weighted by atomic mass is 10.0. The summed E-state index contributed by atoms with van der Waals surface area (Å²) in [6, 6.07) is 11.5. The molecule has 1 atom stereocenters. The summed E-state index contributed by atoms with van der Waals surface area (Å²) in [5.41, 5.74) is 1.23. The minimum atomic E-state index is -4.49. The first kappa shape index (κ1) is 24.4. The standard InChI is InChI=1S/C23H23F3N4O2S/c1-16-4-2-7-19(10-16)28-21(31)13-33-14-22(32)29-20(12-30-9-8-27-15-30)17-5-3-6-18(11-17)23(24,25)26/h2-11,15,20H,12-14H2,1H3,(H,28,31)(H,29,32)/t20-/m0/s1. The molecule has 0 saturated heterocycles. The molecule has 2 amide bonds. The summed E-state index contributed by atoms with van der Waals surface area (Å²) in [6.45, 7) is 2.13. The van der Waals surface area contributed by atoms with Crippen LogP contribution in [0, 0.1) is 6.92 Å². The highest BCUT2D eigenvalue weighted by Crippen LogP contribution is 2.31. The van der Waals surface area contributed by atoms with Crippen LogP contribution < -0.4 is 10.6 Å². The van der Waals surface area contributed by atoms with Gasteiger partial charge in [-0.1, -0.05) is 24.3 Å². The predicted octanol–water partition coefficient (Wildman–Crippen LogP) is 4.44. The molecule has 0 spiro atoms. The van der Waals surface area contributed by atoms with Gasteiger partial charge in [0, 0.05) is 24.6 Å². The third kappa shape index (κ3) is 7.67. The fraction of sp³-hybridized carbons (Fsp3) is 0.261. The number of alkyl halides is 3. The third-order valence-electron chi connectivity index (χ3n) is 4.67. The van der Waals surface area contributed by atoms with Gasteiger partial charge in [0.2, 0.25) is 11.8 Å². The number of halogens is 3. The number of carbonyl (C=O) groups is 2. The van der Waals surface area contributed by atoms with E-state index in [1.165, 1.54) is 12.4 Å². The molecule has 0 aliphatic carbocycles. The maximum atomic E-state index is 13.1. The van der Waals surface area contributed by atoms with Crippen molar-refractivity contribution in [1.29, 1.82) is 0 Å². The lowest BCUT2D eigenvalue weighted by molar-refractivity contribution is -0.137. The molecule has 0 aliphatic rings. The number of imidazole rings is 1. The Labute approximate surface area is 193 Å². The Kier molecular flexibility index (Phi) is 8.16. The highest BCUT2D eigenvalue weighted by atomic mass is 32.2. The highest BCUT2D eigenvalue weighted by molar-refractivity contribution is 8.00. The van der Waals surface area contributed by atoms with Gasteiger partial charge in [-0.15, -0.1) is 11.8 Å². The van der Waals surface area contributed by atoms with Crippen molar-refractivity contribution in [2.75, 3.05) is 16.8 Å². The molecule has 174 valence electrons. The minimum Gasteiger partial charge on any atom is -0.347 e. The first-order valence-corrected chi connectivity index (χ1v) is 11.2. The average Bonchev–Trinajstić information content (AvgIpc) is 3.26. The normalized spacial score (nSPS) is 12.2. The molecule has 2 N–H and O–H groups in total. The lowest BCUT2D eigenvalue weighted by Crippen LogP contribution is -2.33. The Morgan fingerprint density at radius 2 is 1.85 bits per heavy atom. The largest absolute Gasteiger partial charge is 0.416 e. The second-order valence-corrected chi connectivity index (χ2v) is 8.40. The van der Waals surface area contributed by atoms with Crippen LogP contribution in [0.3, 0.4) is 0 Å². The fourth-order valence-corrected chi connectivity index (χ4v) is 3.79. The second kappa shape index (κ2) is 11.0. The van der Waals surface area contributed by atoms with Gasteiger partial charge in [-0.25, -0.2) is 4.98 Å². The summed E-state index contributed by atoms with van der Waals surface area (Å²) in [5, 5.41) is 5.54. The molecule has 2 aromatic carbocycles. The number of aryl methyl sites for hydroxylation is 1. The van der Waals surface area contributed by atoms with Gasteiger partial charge in [-0.3, -0.25) is 9.59 Å². The Bertz CT molecular complexity index is 1090. The van der Waals surface area contributed by atoms with Crippen LogP contribution in [0.1, 0.15) is 22.7 Å². The Balaban J connectivity index is 1.59. The number of hydrogen-bond acceptors (Lipinski definition) is 4. The first-order valence-electron chi connectivity index (χ1n) is 10.1. The van der Waals surface area contributed by atoms with Gasteiger partial charge in [0.15, 0.2) is 0 Å². The quantitative estimate of drug-likeness (QED) is 0.479. The van der Waals surface area contributed by atoms with Crippen LogP contribution in [-0.2, 0) is 22.3 Å². The summed E-state index contributed by atoms with van der Waals surface area (Å²) in [5.74, 6) is -0.574. The average molecular weight is 477 g/mol. The number of rotatable bonds is 9. The number of hydrogen-bond donors (Lipinski definition) is 2. The van der Waals surface area contributed by atoms with E-state index in [0.29, 0.717) is 11.3 Å². The molecule has 3 aromatic rings. The molecule has 0 fully saturated rings. The van der Waals surface area contributed by atoms with Gasteiger partial charge in [0.1, 0.15) is 0 Å². The van der Waals surface area contributed by atoms with Gasteiger partial charge in [0.25, 0.3) is 0 Å². The van der Waals surface area contributed by atoms with Crippen LogP contribution in [0.25, 0.3) is 0 Å². The molecule has 6 nitrogen and oxygen atoms in total. The molecular formula is C23H23F3N4O2S. The van der Waals surface area contributed by atoms with Crippen LogP contribution >= 0.6 is 11.8 Å². The molecular weight excluding hydrogens is 453 g/mol. The molecule has 1 heterocycles. The number of thioether (sulfide) groups is 1. The lowest BCUT2D eigenvalue weighted by Gasteiger charge is -2.21. The number of amides is 2. The third-order valence-corrected chi connectivity index (χ3v) is 5.60. The predicted molar refractivity (Wildman–Crippen MR) is 122 cm³/mol. The van der Waals surface area contributed by atoms with Crippen molar-refractivity contribution >= 4 is 29.3 Å². The van der Waals surface area contributed by atoms with E-state index in [4.69, 9.17) is 0 Å². The summed E-state index contributed by atoms with van der Waals surface area (Å²) in [7, 11) is 0. The first-order chi connectivity index (χ1) is 15.7. The van der Waals surface area contributed by atoms with Gasteiger partial charge < -0.3 is 15.2 Å². The number of carbonyl (C=O) groups excluding carboxylic acids is 2. The number of nitrogens with zero attached hydrogens (tertiary/aromatic N) is 2. The van der Waals surface area contributed by atoms with E-state index in [1.54, 1.807) is 29.1 Å². The van der Waals surface area contributed by atoms with E-state index in [2.05, 4.69) is 15.6 Å². The van der Waals surface area contributed by atoms with Crippen LogP contribution in [0.15, 0.2) is 67.3 Å². The van der Waals surface area contributed by atoms with E-state index in [-0.39, 0.29) is 29.9 Å². The zero-order valence-electron chi connectivity index (χ0n) is 17.8. The summed E-state index contributed by atoms with van der Waals surface area (Å²) in [4.78, 5) is 28.6. The minimum absolute atomic E-state index is 0.0133. The van der Waals surface area contributed by atoms with E-state index in [9.17, 15) is 22.8 Å². The van der Waals surface area contributed by atoms with E-state index < -0.39 is 17.8 Å². The van der Waals surface area contributed by atoms with Gasteiger partial charge >= 0.3 is 6.18 Å². The van der Waals surface area contributed by atoms with E-state index >= 15 is 0 Å². The van der Waals surface area contributed by atoms with Crippen molar-refractivity contribution in [2.45, 2.75) is 25.7 Å². The smallest absolute Gasteiger partial charge is 0.347 e. The zero-order chi connectivity index (χ0) is 23.8. The van der Waals surface area contributed by atoms with Crippen molar-refractivity contribution in [3.05, 3.63) is 83.9 Å². The summed E-state index contributed by atoms with van der Waals surface area (Å²) in [6.07, 6.45) is 0.252. The van der Waals surface area contributed by atoms with Crippen LogP contribution in [0.2, 0.25) is 0 Å². The van der Waals surface area contributed by atoms with E-state index in [0.717, 1.165) is 29.5 Å². The number of benzene rings is 2. The van der Waals surface area contributed by atoms with E-state index in [1.807, 2.05) is 25.1 Å². The van der Waals surface area contributed by atoms with Gasteiger partial charge in [-0.2, -0.15) is 13.2 Å². The number of nitrogens with one attached hydrogen (secondary N) is 2. The van der Waals surface area contributed by atoms with Crippen molar-refractivity contribution in [2.24, 2.45) is 0 Å². The topological polar surface area (TPSA) is 76.0 Å². The molecule has 0 radical (unpaired) electrons. The fourth-order valence-electron chi connectivity index (χ4n) is 3.16. The second-order valence-electron chi connectivity index (χ2n) is 7.41. The number of aromatic nitrogens is 2. The molecule has 10 heteroatoms. The highest BCUT2D eigenvalue weighted by Gasteiger charge is 2.31. The summed E-state index contributed by atoms with van der Waals surface area (Å²) >= 11 is 1.12. The number of anilines is 1. The molecule has 0 bridgehead atoms. The molecule has 0 aliphatic heterocycles. The Morgan fingerprint density at radius 1 is 1.09 bits per heavy atom. The SMILES string of the molecule is Cc1cccc(NC(=O)CSCC(=O)N[C@@H](Cn2ccnc2)c2cccc(C(F)(F)F)c2)c1. The molecule has 3 rings (SSSR count). The maximum absolute atomic E-state index is 13.1. The van der Waals surface area contributed by atoms with Crippen molar-refractivity contribution in [3.8, 4) is 0 Å². The molecule has 0 saturated carbocycles. The van der Waals surface area contributed by atoms with Crippen LogP contribution in [0.4, 0.5) is 18.9 Å². The molecule has 33 heavy (non-hydrogen) atoms. The van der Waals surface area contributed by atoms with Crippen molar-refractivity contribution in [1.82, 2.24) is 14.9 Å². The maximum Gasteiger partial charge on any atom is 0.416 e. The van der Waals surface area contributed by atoms with Crippen LogP contribution in [-0.4, -0.2) is 32.9 Å².